The van der Waals surface area contributed by atoms with E-state index in [4.69, 9.17) is 4.74 Å². The molecule has 2 amide bonds. The summed E-state index contributed by atoms with van der Waals surface area (Å²) in [6, 6.07) is 12.5. The topological polar surface area (TPSA) is 103 Å². The molecule has 3 aromatic rings. The Morgan fingerprint density at radius 1 is 1.05 bits per heavy atom. The van der Waals surface area contributed by atoms with E-state index in [2.05, 4.69) is 5.32 Å². The molecule has 0 fully saturated rings. The third-order valence-electron chi connectivity index (χ3n) is 6.45. The summed E-state index contributed by atoms with van der Waals surface area (Å²) >= 11 is 0. The molecular formula is C28H34N4O5. The smallest absolute Gasteiger partial charge is 0.331 e. The van der Waals surface area contributed by atoms with Crippen molar-refractivity contribution >= 4 is 28.4 Å². The number of para-hydroxylation sites is 1. The van der Waals surface area contributed by atoms with Gasteiger partial charge in [-0.25, -0.2) is 4.79 Å². The molecule has 2 heterocycles. The minimum absolute atomic E-state index is 0.0383. The number of ether oxygens (including phenoxy) is 1. The zero-order valence-electron chi connectivity index (χ0n) is 21.7. The number of carbonyl (C=O) groups is 2. The Bertz CT molecular complexity index is 1420. The highest BCUT2D eigenvalue weighted by molar-refractivity contribution is 5.96. The molecule has 0 atom stereocenters. The van der Waals surface area contributed by atoms with Crippen LogP contribution in [0.3, 0.4) is 0 Å². The number of benzene rings is 2. The average molecular weight is 507 g/mol. The van der Waals surface area contributed by atoms with Crippen LogP contribution in [0.5, 0.6) is 5.75 Å². The Kier molecular flexibility index (Phi) is 8.11. The molecule has 0 saturated heterocycles. The first-order chi connectivity index (χ1) is 17.8. The fourth-order valence-electron chi connectivity index (χ4n) is 4.49. The van der Waals surface area contributed by atoms with Gasteiger partial charge >= 0.3 is 5.69 Å². The molecule has 196 valence electrons. The van der Waals surface area contributed by atoms with E-state index in [1.807, 2.05) is 39.0 Å². The van der Waals surface area contributed by atoms with Gasteiger partial charge in [-0.15, -0.1) is 0 Å². The maximum Gasteiger partial charge on any atom is 0.331 e. The second-order valence-corrected chi connectivity index (χ2v) is 9.86. The van der Waals surface area contributed by atoms with E-state index in [1.54, 1.807) is 29.2 Å². The van der Waals surface area contributed by atoms with Crippen LogP contribution in [0.25, 0.3) is 10.9 Å². The molecule has 4 rings (SSSR count). The number of rotatable bonds is 9. The normalized spacial score (nSPS) is 12.9. The second-order valence-electron chi connectivity index (χ2n) is 9.86. The average Bonchev–Trinajstić information content (AvgIpc) is 2.88. The summed E-state index contributed by atoms with van der Waals surface area (Å²) in [7, 11) is 0. The van der Waals surface area contributed by atoms with Crippen LogP contribution in [-0.2, 0) is 22.7 Å². The largest absolute Gasteiger partial charge is 0.490 e. The van der Waals surface area contributed by atoms with Crippen LogP contribution in [0, 0.1) is 12.8 Å². The summed E-state index contributed by atoms with van der Waals surface area (Å²) in [6.45, 7) is 7.33. The Hall–Kier alpha value is -3.88. The number of anilines is 1. The van der Waals surface area contributed by atoms with Crippen LogP contribution in [0.2, 0.25) is 0 Å². The predicted molar refractivity (Wildman–Crippen MR) is 143 cm³/mol. The molecule has 0 radical (unpaired) electrons. The van der Waals surface area contributed by atoms with E-state index in [9.17, 15) is 19.2 Å². The lowest BCUT2D eigenvalue weighted by Crippen LogP contribution is -2.45. The number of carbonyl (C=O) groups excluding carboxylic acids is 2. The van der Waals surface area contributed by atoms with Gasteiger partial charge in [0.2, 0.25) is 11.8 Å². The van der Waals surface area contributed by atoms with Gasteiger partial charge < -0.3 is 15.0 Å². The fourth-order valence-corrected chi connectivity index (χ4v) is 4.49. The Morgan fingerprint density at radius 2 is 1.84 bits per heavy atom. The molecule has 9 nitrogen and oxygen atoms in total. The fraction of sp³-hybridized carbons (Fsp3) is 0.429. The van der Waals surface area contributed by atoms with E-state index in [1.165, 1.54) is 9.13 Å². The van der Waals surface area contributed by atoms with Crippen molar-refractivity contribution in [1.29, 1.82) is 0 Å². The summed E-state index contributed by atoms with van der Waals surface area (Å²) in [5.74, 6) is 0.707. The van der Waals surface area contributed by atoms with Crippen LogP contribution in [0.4, 0.5) is 5.69 Å². The summed E-state index contributed by atoms with van der Waals surface area (Å²) in [4.78, 5) is 53.7. The van der Waals surface area contributed by atoms with Crippen molar-refractivity contribution in [2.24, 2.45) is 5.92 Å². The SMILES string of the molecule is Cc1ccc2c(c1)N(C(=O)Cn1c(=O)n(CCCCC(=O)NCC(C)C)c(=O)c3ccccc31)CCO2. The van der Waals surface area contributed by atoms with Crippen molar-refractivity contribution < 1.29 is 14.3 Å². The first-order valence-electron chi connectivity index (χ1n) is 12.8. The van der Waals surface area contributed by atoms with Gasteiger partial charge in [0, 0.05) is 19.5 Å². The second kappa shape index (κ2) is 11.5. The molecular weight excluding hydrogens is 472 g/mol. The minimum Gasteiger partial charge on any atom is -0.490 e. The van der Waals surface area contributed by atoms with E-state index in [0.717, 1.165) is 5.56 Å². The van der Waals surface area contributed by atoms with E-state index in [-0.39, 0.29) is 30.5 Å². The van der Waals surface area contributed by atoms with Crippen molar-refractivity contribution in [3.63, 3.8) is 0 Å². The van der Waals surface area contributed by atoms with Crippen LogP contribution >= 0.6 is 0 Å². The van der Waals surface area contributed by atoms with E-state index < -0.39 is 5.69 Å². The highest BCUT2D eigenvalue weighted by Gasteiger charge is 2.25. The summed E-state index contributed by atoms with van der Waals surface area (Å²) in [5, 5.41) is 3.25. The number of hydrogen-bond donors (Lipinski definition) is 1. The molecule has 1 N–H and O–H groups in total. The zero-order valence-corrected chi connectivity index (χ0v) is 21.7. The third-order valence-corrected chi connectivity index (χ3v) is 6.45. The van der Waals surface area contributed by atoms with Crippen molar-refractivity contribution in [3.8, 4) is 5.75 Å². The highest BCUT2D eigenvalue weighted by Crippen LogP contribution is 2.32. The molecule has 9 heteroatoms. The first kappa shape index (κ1) is 26.2. The highest BCUT2D eigenvalue weighted by atomic mass is 16.5. The maximum atomic E-state index is 13.5. The Labute approximate surface area is 215 Å². The lowest BCUT2D eigenvalue weighted by Gasteiger charge is -2.30. The number of nitrogens with one attached hydrogen (secondary N) is 1. The Balaban J connectivity index is 1.57. The maximum absolute atomic E-state index is 13.5. The van der Waals surface area contributed by atoms with Crippen molar-refractivity contribution in [2.75, 3.05) is 24.6 Å². The van der Waals surface area contributed by atoms with Gasteiger partial charge in [0.1, 0.15) is 18.9 Å². The lowest BCUT2D eigenvalue weighted by molar-refractivity contribution is -0.121. The van der Waals surface area contributed by atoms with Crippen molar-refractivity contribution in [3.05, 3.63) is 68.9 Å². The molecule has 0 saturated carbocycles. The number of unbranched alkanes of at least 4 members (excludes halogenated alkanes) is 1. The molecule has 0 spiro atoms. The van der Waals surface area contributed by atoms with Gasteiger partial charge in [0.25, 0.3) is 5.56 Å². The van der Waals surface area contributed by atoms with Crippen molar-refractivity contribution in [1.82, 2.24) is 14.5 Å². The number of aryl methyl sites for hydroxylation is 1. The zero-order chi connectivity index (χ0) is 26.5. The summed E-state index contributed by atoms with van der Waals surface area (Å²) in [5.41, 5.74) is 1.18. The lowest BCUT2D eigenvalue weighted by atomic mass is 10.1. The molecule has 0 bridgehead atoms. The molecule has 0 unspecified atom stereocenters. The van der Waals surface area contributed by atoms with Crippen LogP contribution < -0.4 is 26.2 Å². The van der Waals surface area contributed by atoms with Gasteiger partial charge in [0.05, 0.1) is 23.1 Å². The third kappa shape index (κ3) is 5.93. The van der Waals surface area contributed by atoms with Gasteiger partial charge in [-0.1, -0.05) is 32.0 Å². The molecule has 37 heavy (non-hydrogen) atoms. The molecule has 1 aromatic heterocycles. The number of nitrogens with zero attached hydrogens (tertiary/aromatic N) is 3. The minimum atomic E-state index is -0.529. The quantitative estimate of drug-likeness (QED) is 0.450. The molecule has 2 aromatic carbocycles. The van der Waals surface area contributed by atoms with Gasteiger partial charge in [-0.2, -0.15) is 0 Å². The van der Waals surface area contributed by atoms with Gasteiger partial charge in [-0.3, -0.25) is 23.5 Å². The number of hydrogen-bond acceptors (Lipinski definition) is 5. The van der Waals surface area contributed by atoms with E-state index >= 15 is 0 Å². The first-order valence-corrected chi connectivity index (χ1v) is 12.8. The van der Waals surface area contributed by atoms with Crippen LogP contribution in [0.15, 0.2) is 52.1 Å². The standard InChI is InChI=1S/C28H34N4O5/c1-19(2)17-29-25(33)10-6-7-13-31-27(35)21-8-4-5-9-22(21)32(28(31)36)18-26(34)30-14-15-37-24-12-11-20(3)16-23(24)30/h4-5,8-9,11-12,16,19H,6-7,10,13-15,17-18H2,1-3H3,(H,29,33). The summed E-state index contributed by atoms with van der Waals surface area (Å²) in [6.07, 6.45) is 1.37. The number of aromatic nitrogens is 2. The number of amides is 2. The van der Waals surface area contributed by atoms with E-state index in [0.29, 0.717) is 67.2 Å². The van der Waals surface area contributed by atoms with Crippen molar-refractivity contribution in [2.45, 2.75) is 53.1 Å². The van der Waals surface area contributed by atoms with Crippen LogP contribution in [0.1, 0.15) is 38.7 Å². The molecule has 1 aliphatic heterocycles. The monoisotopic (exact) mass is 506 g/mol. The predicted octanol–water partition coefficient (Wildman–Crippen LogP) is 2.84. The van der Waals surface area contributed by atoms with Crippen LogP contribution in [-0.4, -0.2) is 40.6 Å². The van der Waals surface area contributed by atoms with Gasteiger partial charge in [0.15, 0.2) is 0 Å². The molecule has 1 aliphatic rings. The summed E-state index contributed by atoms with van der Waals surface area (Å²) < 4.78 is 8.25. The number of fused-ring (bicyclic) bond motifs is 2. The Morgan fingerprint density at radius 3 is 2.62 bits per heavy atom. The molecule has 0 aliphatic carbocycles. The van der Waals surface area contributed by atoms with Gasteiger partial charge in [-0.05, 0) is 55.5 Å².